The van der Waals surface area contributed by atoms with Crippen molar-refractivity contribution < 1.29 is 0 Å². The molecule has 0 heterocycles. The fourth-order valence-corrected chi connectivity index (χ4v) is 2.32. The van der Waals surface area contributed by atoms with Gasteiger partial charge in [0.2, 0.25) is 0 Å². The van der Waals surface area contributed by atoms with Crippen LogP contribution in [-0.4, -0.2) is 11.4 Å². The zero-order valence-corrected chi connectivity index (χ0v) is 14.2. The lowest BCUT2D eigenvalue weighted by Crippen LogP contribution is -2.01. The Bertz CT molecular complexity index is 610. The molecule has 0 saturated heterocycles. The van der Waals surface area contributed by atoms with Gasteiger partial charge in [0.1, 0.15) is 0 Å². The normalized spacial score (nSPS) is 12.5. The molecule has 0 amide bonds. The van der Waals surface area contributed by atoms with Gasteiger partial charge in [-0.25, -0.2) is 0 Å². The van der Waals surface area contributed by atoms with Crippen molar-refractivity contribution in [2.24, 2.45) is 10.2 Å². The second-order valence-corrected chi connectivity index (χ2v) is 5.69. The third-order valence-corrected chi connectivity index (χ3v) is 3.82. The van der Waals surface area contributed by atoms with Gasteiger partial charge in [0.05, 0.1) is 11.4 Å². The fraction of sp³-hybridized carbons (Fsp3) is 0.222. The minimum atomic E-state index is 0.720. The minimum absolute atomic E-state index is 0.720. The summed E-state index contributed by atoms with van der Waals surface area (Å²) in [6, 6.07) is 15.3. The van der Waals surface area contributed by atoms with Gasteiger partial charge in [0.25, 0.3) is 0 Å². The lowest BCUT2D eigenvalue weighted by atomic mass is 10.1. The number of benzene rings is 2. The molecule has 22 heavy (non-hydrogen) atoms. The number of nitrogens with zero attached hydrogens (tertiary/aromatic N) is 2. The number of rotatable bonds is 5. The van der Waals surface area contributed by atoms with Crippen LogP contribution in [0, 0.1) is 0 Å². The highest BCUT2D eigenvalue weighted by Gasteiger charge is 2.04. The van der Waals surface area contributed by atoms with E-state index in [-0.39, 0.29) is 0 Å². The van der Waals surface area contributed by atoms with Gasteiger partial charge in [-0.1, -0.05) is 61.3 Å². The Morgan fingerprint density at radius 3 is 1.27 bits per heavy atom. The van der Waals surface area contributed by atoms with Crippen LogP contribution in [0.2, 0.25) is 10.0 Å². The zero-order valence-electron chi connectivity index (χ0n) is 12.7. The van der Waals surface area contributed by atoms with E-state index in [0.717, 1.165) is 45.4 Å². The molecular weight excluding hydrogens is 315 g/mol. The van der Waals surface area contributed by atoms with Gasteiger partial charge in [-0.15, -0.1) is 0 Å². The molecule has 114 valence electrons. The van der Waals surface area contributed by atoms with Gasteiger partial charge in [-0.2, -0.15) is 10.2 Å². The van der Waals surface area contributed by atoms with Crippen LogP contribution in [0.1, 0.15) is 37.8 Å². The smallest absolute Gasteiger partial charge is 0.0700 e. The summed E-state index contributed by atoms with van der Waals surface area (Å²) >= 11 is 11.8. The minimum Gasteiger partial charge on any atom is -0.155 e. The van der Waals surface area contributed by atoms with E-state index in [0.29, 0.717) is 0 Å². The van der Waals surface area contributed by atoms with Crippen LogP contribution < -0.4 is 0 Å². The summed E-state index contributed by atoms with van der Waals surface area (Å²) in [5, 5.41) is 10.3. The van der Waals surface area contributed by atoms with Crippen LogP contribution in [0.15, 0.2) is 58.7 Å². The third kappa shape index (κ3) is 4.43. The SMILES string of the molecule is CC/C(=N\N=C(/CC)c1ccc(Cl)cc1)c1ccc(Cl)cc1. The van der Waals surface area contributed by atoms with Crippen molar-refractivity contribution in [3.8, 4) is 0 Å². The van der Waals surface area contributed by atoms with Crippen LogP contribution in [0.25, 0.3) is 0 Å². The first kappa shape index (κ1) is 16.7. The highest BCUT2D eigenvalue weighted by atomic mass is 35.5. The van der Waals surface area contributed by atoms with E-state index >= 15 is 0 Å². The van der Waals surface area contributed by atoms with E-state index in [1.54, 1.807) is 0 Å². The Kier molecular flexibility index (Phi) is 6.17. The van der Waals surface area contributed by atoms with Gasteiger partial charge < -0.3 is 0 Å². The Morgan fingerprint density at radius 1 is 0.682 bits per heavy atom. The first-order chi connectivity index (χ1) is 10.6. The van der Waals surface area contributed by atoms with Crippen LogP contribution >= 0.6 is 23.2 Å². The summed E-state index contributed by atoms with van der Waals surface area (Å²) in [4.78, 5) is 0. The molecule has 0 aromatic heterocycles. The van der Waals surface area contributed by atoms with Gasteiger partial charge in [0.15, 0.2) is 0 Å². The quantitative estimate of drug-likeness (QED) is 0.473. The molecule has 0 saturated carbocycles. The lowest BCUT2D eigenvalue weighted by Gasteiger charge is -2.05. The third-order valence-electron chi connectivity index (χ3n) is 3.32. The van der Waals surface area contributed by atoms with E-state index in [1.165, 1.54) is 0 Å². The maximum atomic E-state index is 5.92. The first-order valence-corrected chi connectivity index (χ1v) is 8.05. The molecule has 0 N–H and O–H groups in total. The average Bonchev–Trinajstić information content (AvgIpc) is 2.54. The van der Waals surface area contributed by atoms with E-state index in [1.807, 2.05) is 48.5 Å². The first-order valence-electron chi connectivity index (χ1n) is 7.29. The van der Waals surface area contributed by atoms with E-state index < -0.39 is 0 Å². The topological polar surface area (TPSA) is 24.7 Å². The summed E-state index contributed by atoms with van der Waals surface area (Å²) in [5.41, 5.74) is 3.97. The molecule has 0 aliphatic rings. The monoisotopic (exact) mass is 332 g/mol. The molecule has 0 spiro atoms. The van der Waals surface area contributed by atoms with Crippen molar-refractivity contribution >= 4 is 34.6 Å². The van der Waals surface area contributed by atoms with Crippen LogP contribution in [0.3, 0.4) is 0 Å². The molecule has 2 nitrogen and oxygen atoms in total. The summed E-state index contributed by atoms with van der Waals surface area (Å²) in [5.74, 6) is 0. The predicted molar refractivity (Wildman–Crippen MR) is 96.6 cm³/mol. The van der Waals surface area contributed by atoms with Crippen molar-refractivity contribution in [3.05, 3.63) is 69.7 Å². The number of hydrogen-bond donors (Lipinski definition) is 0. The molecule has 0 radical (unpaired) electrons. The Labute approximate surface area is 141 Å². The van der Waals surface area contributed by atoms with Gasteiger partial charge in [-0.05, 0) is 48.2 Å². The summed E-state index contributed by atoms with van der Waals surface area (Å²) in [6.45, 7) is 4.13. The number of halogens is 2. The molecule has 2 aromatic rings. The Balaban J connectivity index is 2.31. The van der Waals surface area contributed by atoms with Crippen molar-refractivity contribution in [2.45, 2.75) is 26.7 Å². The molecule has 0 aliphatic carbocycles. The van der Waals surface area contributed by atoms with E-state index in [9.17, 15) is 0 Å². The molecule has 2 aromatic carbocycles. The summed E-state index contributed by atoms with van der Waals surface area (Å²) < 4.78 is 0. The molecule has 0 fully saturated rings. The molecule has 0 bridgehead atoms. The maximum Gasteiger partial charge on any atom is 0.0700 e. The fourth-order valence-electron chi connectivity index (χ4n) is 2.07. The average molecular weight is 333 g/mol. The second kappa shape index (κ2) is 8.11. The Hall–Kier alpha value is -1.64. The van der Waals surface area contributed by atoms with Crippen LogP contribution in [0.4, 0.5) is 0 Å². The molecular formula is C18H18Cl2N2. The predicted octanol–water partition coefficient (Wildman–Crippen LogP) is 6.01. The second-order valence-electron chi connectivity index (χ2n) is 4.81. The standard InChI is InChI=1S/C18H18Cl2N2/c1-3-17(13-5-9-15(19)10-6-13)21-22-18(4-2)14-7-11-16(20)12-8-14/h5-12H,3-4H2,1-2H3/b21-17+,22-18+. The van der Waals surface area contributed by atoms with Crippen LogP contribution in [0.5, 0.6) is 0 Å². The molecule has 0 aliphatic heterocycles. The Morgan fingerprint density at radius 2 is 1.00 bits per heavy atom. The van der Waals surface area contributed by atoms with Crippen molar-refractivity contribution in [3.63, 3.8) is 0 Å². The van der Waals surface area contributed by atoms with Gasteiger partial charge in [-0.3, -0.25) is 0 Å². The van der Waals surface area contributed by atoms with Crippen molar-refractivity contribution in [1.29, 1.82) is 0 Å². The van der Waals surface area contributed by atoms with Crippen molar-refractivity contribution in [2.75, 3.05) is 0 Å². The molecule has 0 unspecified atom stereocenters. The summed E-state index contributed by atoms with van der Waals surface area (Å²) in [7, 11) is 0. The highest BCUT2D eigenvalue weighted by Crippen LogP contribution is 2.14. The van der Waals surface area contributed by atoms with Crippen LogP contribution in [-0.2, 0) is 0 Å². The maximum absolute atomic E-state index is 5.92. The number of hydrogen-bond acceptors (Lipinski definition) is 2. The highest BCUT2D eigenvalue weighted by molar-refractivity contribution is 6.31. The van der Waals surface area contributed by atoms with Gasteiger partial charge >= 0.3 is 0 Å². The van der Waals surface area contributed by atoms with Crippen molar-refractivity contribution in [1.82, 2.24) is 0 Å². The zero-order chi connectivity index (χ0) is 15.9. The lowest BCUT2D eigenvalue weighted by molar-refractivity contribution is 1.13. The summed E-state index contributed by atoms with van der Waals surface area (Å²) in [6.07, 6.45) is 1.62. The molecule has 2 rings (SSSR count). The van der Waals surface area contributed by atoms with E-state index in [2.05, 4.69) is 24.1 Å². The van der Waals surface area contributed by atoms with Gasteiger partial charge in [0, 0.05) is 10.0 Å². The molecule has 0 atom stereocenters. The van der Waals surface area contributed by atoms with E-state index in [4.69, 9.17) is 23.2 Å². The largest absolute Gasteiger partial charge is 0.155 e. The molecule has 4 heteroatoms.